The molecule has 1 aliphatic heterocycles. The lowest BCUT2D eigenvalue weighted by Gasteiger charge is -2.24. The second-order valence-electron chi connectivity index (χ2n) is 7.78. The first kappa shape index (κ1) is 21.2. The Balaban J connectivity index is 1.38. The van der Waals surface area contributed by atoms with Crippen molar-refractivity contribution >= 4 is 23.6 Å². The molecule has 1 saturated heterocycles. The zero-order chi connectivity index (χ0) is 21.6. The van der Waals surface area contributed by atoms with E-state index in [0.717, 1.165) is 17.5 Å². The van der Waals surface area contributed by atoms with E-state index in [2.05, 4.69) is 23.5 Å². The Bertz CT molecular complexity index is 1050. The molecule has 0 spiro atoms. The molecule has 158 valence electrons. The minimum absolute atomic E-state index is 0.000572. The number of nitrogens with one attached hydrogen (secondary N) is 1. The standard InChI is InChI=1S/C26H26N2O2S/c1-19-6-5-9-21(16-19)17-27-25(30)22-10-12-23(13-11-22)26-28(24(29)18-31-26)15-14-20-7-3-2-4-8-20/h2-13,16,26H,14-15,17-18H2,1H3,(H,27,30)/t26-/m0/s1. The molecular weight excluding hydrogens is 404 g/mol. The molecule has 3 aromatic rings. The van der Waals surface area contributed by atoms with E-state index in [1.54, 1.807) is 11.8 Å². The van der Waals surface area contributed by atoms with Crippen LogP contribution in [0.2, 0.25) is 0 Å². The fraction of sp³-hybridized carbons (Fsp3) is 0.231. The predicted octanol–water partition coefficient (Wildman–Crippen LogP) is 4.74. The third-order valence-electron chi connectivity index (χ3n) is 5.45. The maximum atomic E-state index is 12.5. The molecule has 1 fully saturated rings. The zero-order valence-corrected chi connectivity index (χ0v) is 18.4. The molecule has 1 N–H and O–H groups in total. The van der Waals surface area contributed by atoms with Crippen LogP contribution in [0.15, 0.2) is 78.9 Å². The number of carbonyl (C=O) groups excluding carboxylic acids is 2. The highest BCUT2D eigenvalue weighted by Crippen LogP contribution is 2.38. The molecule has 4 rings (SSSR count). The van der Waals surface area contributed by atoms with Gasteiger partial charge in [0.05, 0.1) is 5.75 Å². The molecule has 3 aromatic carbocycles. The Hall–Kier alpha value is -3.05. The third-order valence-corrected chi connectivity index (χ3v) is 6.70. The molecule has 1 heterocycles. The van der Waals surface area contributed by atoms with Crippen LogP contribution >= 0.6 is 11.8 Å². The van der Waals surface area contributed by atoms with E-state index in [-0.39, 0.29) is 17.2 Å². The smallest absolute Gasteiger partial charge is 0.251 e. The summed E-state index contributed by atoms with van der Waals surface area (Å²) in [4.78, 5) is 26.9. The Morgan fingerprint density at radius 2 is 1.74 bits per heavy atom. The molecule has 4 nitrogen and oxygen atoms in total. The number of hydrogen-bond donors (Lipinski definition) is 1. The van der Waals surface area contributed by atoms with Crippen molar-refractivity contribution in [3.8, 4) is 0 Å². The number of nitrogens with zero attached hydrogens (tertiary/aromatic N) is 1. The summed E-state index contributed by atoms with van der Waals surface area (Å²) in [6, 6.07) is 26.0. The minimum atomic E-state index is -0.0934. The molecule has 0 radical (unpaired) electrons. The molecule has 31 heavy (non-hydrogen) atoms. The van der Waals surface area contributed by atoms with Gasteiger partial charge in [0.25, 0.3) is 5.91 Å². The first-order valence-corrected chi connectivity index (χ1v) is 11.5. The fourth-order valence-electron chi connectivity index (χ4n) is 3.77. The van der Waals surface area contributed by atoms with E-state index in [9.17, 15) is 9.59 Å². The topological polar surface area (TPSA) is 49.4 Å². The number of rotatable bonds is 7. The first-order valence-electron chi connectivity index (χ1n) is 10.5. The van der Waals surface area contributed by atoms with Crippen molar-refractivity contribution in [3.63, 3.8) is 0 Å². The number of benzene rings is 3. The van der Waals surface area contributed by atoms with Crippen LogP contribution in [-0.4, -0.2) is 29.0 Å². The average Bonchev–Trinajstić information content (AvgIpc) is 3.17. The molecule has 1 atom stereocenters. The molecule has 1 aliphatic rings. The van der Waals surface area contributed by atoms with Crippen LogP contribution in [0, 0.1) is 6.92 Å². The molecule has 0 saturated carbocycles. The Morgan fingerprint density at radius 1 is 1.00 bits per heavy atom. The highest BCUT2D eigenvalue weighted by molar-refractivity contribution is 8.00. The van der Waals surface area contributed by atoms with Crippen molar-refractivity contribution < 1.29 is 9.59 Å². The quantitative estimate of drug-likeness (QED) is 0.589. The maximum absolute atomic E-state index is 12.5. The summed E-state index contributed by atoms with van der Waals surface area (Å²) in [5.74, 6) is 0.577. The summed E-state index contributed by atoms with van der Waals surface area (Å²) >= 11 is 1.65. The number of carbonyl (C=O) groups is 2. The summed E-state index contributed by atoms with van der Waals surface area (Å²) in [6.45, 7) is 3.24. The second-order valence-corrected chi connectivity index (χ2v) is 8.85. The van der Waals surface area contributed by atoms with Gasteiger partial charge < -0.3 is 10.2 Å². The lowest BCUT2D eigenvalue weighted by atomic mass is 10.1. The van der Waals surface area contributed by atoms with Crippen molar-refractivity contribution in [2.24, 2.45) is 0 Å². The monoisotopic (exact) mass is 430 g/mol. The normalized spacial score (nSPS) is 15.8. The Morgan fingerprint density at radius 3 is 2.48 bits per heavy atom. The second kappa shape index (κ2) is 9.84. The molecular formula is C26H26N2O2S. The Labute approximate surface area is 187 Å². The lowest BCUT2D eigenvalue weighted by Crippen LogP contribution is -2.30. The zero-order valence-electron chi connectivity index (χ0n) is 17.6. The SMILES string of the molecule is Cc1cccc(CNC(=O)c2ccc([C@@H]3SCC(=O)N3CCc3ccccc3)cc2)c1. The number of hydrogen-bond acceptors (Lipinski definition) is 3. The fourth-order valence-corrected chi connectivity index (χ4v) is 4.99. The lowest BCUT2D eigenvalue weighted by molar-refractivity contribution is -0.128. The van der Waals surface area contributed by atoms with E-state index in [1.165, 1.54) is 11.1 Å². The van der Waals surface area contributed by atoms with Crippen molar-refractivity contribution in [1.29, 1.82) is 0 Å². The molecule has 0 aliphatic carbocycles. The summed E-state index contributed by atoms with van der Waals surface area (Å²) < 4.78 is 0. The molecule has 2 amide bonds. The largest absolute Gasteiger partial charge is 0.348 e. The molecule has 0 aromatic heterocycles. The average molecular weight is 431 g/mol. The van der Waals surface area contributed by atoms with Crippen LogP contribution < -0.4 is 5.32 Å². The molecule has 5 heteroatoms. The van der Waals surface area contributed by atoms with E-state index in [4.69, 9.17) is 0 Å². The van der Waals surface area contributed by atoms with Crippen molar-refractivity contribution in [3.05, 3.63) is 107 Å². The van der Waals surface area contributed by atoms with Gasteiger partial charge in [0, 0.05) is 18.7 Å². The van der Waals surface area contributed by atoms with Gasteiger partial charge in [-0.05, 0) is 42.2 Å². The van der Waals surface area contributed by atoms with Crippen molar-refractivity contribution in [2.45, 2.75) is 25.3 Å². The predicted molar refractivity (Wildman–Crippen MR) is 126 cm³/mol. The highest BCUT2D eigenvalue weighted by Gasteiger charge is 2.32. The third kappa shape index (κ3) is 5.36. The van der Waals surface area contributed by atoms with Crippen molar-refractivity contribution in [1.82, 2.24) is 10.2 Å². The summed E-state index contributed by atoms with van der Waals surface area (Å²) in [6.07, 6.45) is 0.836. The van der Waals surface area contributed by atoms with Gasteiger partial charge in [-0.1, -0.05) is 72.3 Å². The Kier molecular flexibility index (Phi) is 6.73. The van der Waals surface area contributed by atoms with Gasteiger partial charge in [-0.25, -0.2) is 0 Å². The van der Waals surface area contributed by atoms with Crippen LogP contribution in [0.5, 0.6) is 0 Å². The van der Waals surface area contributed by atoms with Crippen LogP contribution in [-0.2, 0) is 17.8 Å². The van der Waals surface area contributed by atoms with Crippen molar-refractivity contribution in [2.75, 3.05) is 12.3 Å². The van der Waals surface area contributed by atoms with Gasteiger partial charge in [0.1, 0.15) is 5.37 Å². The van der Waals surface area contributed by atoms with Crippen LogP contribution in [0.3, 0.4) is 0 Å². The van der Waals surface area contributed by atoms with E-state index in [0.29, 0.717) is 24.4 Å². The van der Waals surface area contributed by atoms with Gasteiger partial charge in [-0.2, -0.15) is 0 Å². The number of aryl methyl sites for hydroxylation is 1. The van der Waals surface area contributed by atoms with Gasteiger partial charge >= 0.3 is 0 Å². The van der Waals surface area contributed by atoms with Gasteiger partial charge in [-0.15, -0.1) is 11.8 Å². The summed E-state index contributed by atoms with van der Waals surface area (Å²) in [7, 11) is 0. The highest BCUT2D eigenvalue weighted by atomic mass is 32.2. The van der Waals surface area contributed by atoms with E-state index >= 15 is 0 Å². The van der Waals surface area contributed by atoms with Gasteiger partial charge in [0.15, 0.2) is 0 Å². The number of thioether (sulfide) groups is 1. The minimum Gasteiger partial charge on any atom is -0.348 e. The van der Waals surface area contributed by atoms with Crippen LogP contribution in [0.4, 0.5) is 0 Å². The van der Waals surface area contributed by atoms with Crippen LogP contribution in [0.1, 0.15) is 38.0 Å². The summed E-state index contributed by atoms with van der Waals surface area (Å²) in [5.41, 5.74) is 5.17. The number of amides is 2. The van der Waals surface area contributed by atoms with Gasteiger partial charge in [-0.3, -0.25) is 9.59 Å². The summed E-state index contributed by atoms with van der Waals surface area (Å²) in [5, 5.41) is 2.98. The molecule has 0 bridgehead atoms. The van der Waals surface area contributed by atoms with Crippen LogP contribution in [0.25, 0.3) is 0 Å². The van der Waals surface area contributed by atoms with Gasteiger partial charge in [0.2, 0.25) is 5.91 Å². The first-order chi connectivity index (χ1) is 15.1. The molecule has 0 unspecified atom stereocenters. The van der Waals surface area contributed by atoms with E-state index in [1.807, 2.05) is 72.5 Å². The van der Waals surface area contributed by atoms with E-state index < -0.39 is 0 Å². The maximum Gasteiger partial charge on any atom is 0.251 e.